The molecule has 17 heavy (non-hydrogen) atoms. The molecule has 0 aliphatic heterocycles. The van der Waals surface area contributed by atoms with Crippen molar-refractivity contribution in [2.24, 2.45) is 0 Å². The van der Waals surface area contributed by atoms with Crippen molar-refractivity contribution in [2.75, 3.05) is 13.7 Å². The summed E-state index contributed by atoms with van der Waals surface area (Å²) in [6.07, 6.45) is 0.792. The van der Waals surface area contributed by atoms with E-state index in [9.17, 15) is 4.79 Å². The quantitative estimate of drug-likeness (QED) is 0.665. The molecular formula is C11H13Cl2NO3. The standard InChI is InChI=1S/C11H13Cl2NO3/c1-3-6-17-14-11(15)9-7(12)4-5-8(13)10(9)16-2/h4-5H,3,6H2,1-2H3,(H,14,15). The third-order valence-electron chi connectivity index (χ3n) is 1.96. The summed E-state index contributed by atoms with van der Waals surface area (Å²) in [6.45, 7) is 2.35. The number of halogens is 2. The minimum absolute atomic E-state index is 0.165. The van der Waals surface area contributed by atoms with Crippen LogP contribution < -0.4 is 10.2 Å². The van der Waals surface area contributed by atoms with Gasteiger partial charge in [-0.2, -0.15) is 0 Å². The lowest BCUT2D eigenvalue weighted by molar-refractivity contribution is 0.0313. The van der Waals surface area contributed by atoms with Crippen LogP contribution in [-0.2, 0) is 4.84 Å². The monoisotopic (exact) mass is 277 g/mol. The van der Waals surface area contributed by atoms with Crippen LogP contribution >= 0.6 is 23.2 Å². The molecule has 1 aromatic rings. The number of benzene rings is 1. The minimum atomic E-state index is -0.484. The summed E-state index contributed by atoms with van der Waals surface area (Å²) in [5, 5.41) is 0.571. The van der Waals surface area contributed by atoms with Gasteiger partial charge in [0.25, 0.3) is 5.91 Å². The Morgan fingerprint density at radius 2 is 2.00 bits per heavy atom. The van der Waals surface area contributed by atoms with Crippen molar-refractivity contribution < 1.29 is 14.4 Å². The number of hydrogen-bond donors (Lipinski definition) is 1. The zero-order valence-corrected chi connectivity index (χ0v) is 11.1. The Balaban J connectivity index is 2.95. The molecular weight excluding hydrogens is 265 g/mol. The SMILES string of the molecule is CCCONC(=O)c1c(Cl)ccc(Cl)c1OC. The average molecular weight is 278 g/mol. The van der Waals surface area contributed by atoms with E-state index in [0.717, 1.165) is 6.42 Å². The summed E-state index contributed by atoms with van der Waals surface area (Å²) in [6, 6.07) is 3.09. The molecule has 0 aromatic heterocycles. The van der Waals surface area contributed by atoms with Crippen molar-refractivity contribution in [3.8, 4) is 5.75 Å². The highest BCUT2D eigenvalue weighted by Crippen LogP contribution is 2.33. The Kier molecular flexibility index (Phi) is 5.55. The summed E-state index contributed by atoms with van der Waals surface area (Å²) in [7, 11) is 1.42. The van der Waals surface area contributed by atoms with Crippen LogP contribution in [0.2, 0.25) is 10.0 Å². The second-order valence-electron chi connectivity index (χ2n) is 3.22. The first-order valence-electron chi connectivity index (χ1n) is 5.06. The number of rotatable bonds is 5. The van der Waals surface area contributed by atoms with E-state index in [1.54, 1.807) is 6.07 Å². The molecule has 0 spiro atoms. The third-order valence-corrected chi connectivity index (χ3v) is 2.57. The Hall–Kier alpha value is -0.970. The molecule has 0 bridgehead atoms. The minimum Gasteiger partial charge on any atom is -0.494 e. The maximum Gasteiger partial charge on any atom is 0.280 e. The van der Waals surface area contributed by atoms with Gasteiger partial charge in [-0.05, 0) is 18.6 Å². The van der Waals surface area contributed by atoms with Crippen molar-refractivity contribution in [2.45, 2.75) is 13.3 Å². The van der Waals surface area contributed by atoms with Crippen LogP contribution in [0.5, 0.6) is 5.75 Å². The predicted octanol–water partition coefficient (Wildman–Crippen LogP) is 3.07. The molecule has 0 unspecified atom stereocenters. The van der Waals surface area contributed by atoms with Gasteiger partial charge >= 0.3 is 0 Å². The molecule has 0 saturated carbocycles. The van der Waals surface area contributed by atoms with E-state index >= 15 is 0 Å². The fourth-order valence-electron chi connectivity index (χ4n) is 1.21. The fraction of sp³-hybridized carbons (Fsp3) is 0.364. The van der Waals surface area contributed by atoms with E-state index in [1.807, 2.05) is 6.92 Å². The van der Waals surface area contributed by atoms with Crippen LogP contribution in [0.3, 0.4) is 0 Å². The molecule has 4 nitrogen and oxygen atoms in total. The van der Waals surface area contributed by atoms with E-state index in [4.69, 9.17) is 32.8 Å². The van der Waals surface area contributed by atoms with Gasteiger partial charge in [-0.3, -0.25) is 9.63 Å². The van der Waals surface area contributed by atoms with Gasteiger partial charge in [0.2, 0.25) is 0 Å². The topological polar surface area (TPSA) is 47.6 Å². The molecule has 0 atom stereocenters. The summed E-state index contributed by atoms with van der Waals surface area (Å²) < 4.78 is 5.05. The molecule has 0 aliphatic carbocycles. The zero-order valence-electron chi connectivity index (χ0n) is 9.55. The first kappa shape index (κ1) is 14.1. The molecule has 0 fully saturated rings. The number of carbonyl (C=O) groups is 1. The number of hydrogen-bond acceptors (Lipinski definition) is 3. The second kappa shape index (κ2) is 6.69. The number of nitrogens with one attached hydrogen (secondary N) is 1. The van der Waals surface area contributed by atoms with Crippen LogP contribution in [0.1, 0.15) is 23.7 Å². The van der Waals surface area contributed by atoms with Crippen molar-refractivity contribution in [3.05, 3.63) is 27.7 Å². The van der Waals surface area contributed by atoms with Gasteiger partial charge in [-0.25, -0.2) is 5.48 Å². The van der Waals surface area contributed by atoms with Gasteiger partial charge in [0.15, 0.2) is 5.75 Å². The first-order valence-corrected chi connectivity index (χ1v) is 5.81. The molecule has 1 amide bonds. The van der Waals surface area contributed by atoms with Gasteiger partial charge in [-0.1, -0.05) is 30.1 Å². The molecule has 6 heteroatoms. The largest absolute Gasteiger partial charge is 0.494 e. The Morgan fingerprint density at radius 3 is 2.59 bits per heavy atom. The van der Waals surface area contributed by atoms with Crippen LogP contribution in [0.4, 0.5) is 0 Å². The number of carbonyl (C=O) groups excluding carboxylic acids is 1. The number of hydroxylamine groups is 1. The lowest BCUT2D eigenvalue weighted by Crippen LogP contribution is -2.25. The maximum absolute atomic E-state index is 11.8. The van der Waals surface area contributed by atoms with Crippen molar-refractivity contribution in [1.29, 1.82) is 0 Å². The van der Waals surface area contributed by atoms with Gasteiger partial charge in [0.05, 0.1) is 23.8 Å². The van der Waals surface area contributed by atoms with Crippen LogP contribution in [0.25, 0.3) is 0 Å². The van der Waals surface area contributed by atoms with Crippen molar-refractivity contribution >= 4 is 29.1 Å². The molecule has 0 saturated heterocycles. The lowest BCUT2D eigenvalue weighted by atomic mass is 10.2. The molecule has 1 aromatic carbocycles. The van der Waals surface area contributed by atoms with Crippen LogP contribution in [0.15, 0.2) is 12.1 Å². The summed E-state index contributed by atoms with van der Waals surface area (Å²) in [5.74, 6) is -0.250. The Bertz CT molecular complexity index is 410. The van der Waals surface area contributed by atoms with Crippen LogP contribution in [0, 0.1) is 0 Å². The number of ether oxygens (including phenoxy) is 1. The predicted molar refractivity (Wildman–Crippen MR) is 66.7 cm³/mol. The number of methoxy groups -OCH3 is 1. The average Bonchev–Trinajstić information content (AvgIpc) is 2.31. The maximum atomic E-state index is 11.8. The van der Waals surface area contributed by atoms with E-state index in [-0.39, 0.29) is 16.3 Å². The third kappa shape index (κ3) is 3.49. The molecule has 1 N–H and O–H groups in total. The smallest absolute Gasteiger partial charge is 0.280 e. The highest BCUT2D eigenvalue weighted by Gasteiger charge is 2.19. The Labute approximate surface area is 110 Å². The highest BCUT2D eigenvalue weighted by molar-refractivity contribution is 6.37. The number of amides is 1. The normalized spacial score (nSPS) is 10.1. The fourth-order valence-corrected chi connectivity index (χ4v) is 1.68. The summed E-state index contributed by atoms with van der Waals surface area (Å²) >= 11 is 11.8. The summed E-state index contributed by atoms with van der Waals surface area (Å²) in [5.41, 5.74) is 2.45. The van der Waals surface area contributed by atoms with E-state index in [1.165, 1.54) is 13.2 Å². The molecule has 0 radical (unpaired) electrons. The second-order valence-corrected chi connectivity index (χ2v) is 4.03. The Morgan fingerprint density at radius 1 is 1.35 bits per heavy atom. The van der Waals surface area contributed by atoms with Crippen LogP contribution in [-0.4, -0.2) is 19.6 Å². The van der Waals surface area contributed by atoms with E-state index in [2.05, 4.69) is 5.48 Å². The lowest BCUT2D eigenvalue weighted by Gasteiger charge is -2.11. The van der Waals surface area contributed by atoms with Gasteiger partial charge < -0.3 is 4.74 Å². The molecule has 0 heterocycles. The van der Waals surface area contributed by atoms with E-state index in [0.29, 0.717) is 11.6 Å². The first-order chi connectivity index (χ1) is 8.11. The van der Waals surface area contributed by atoms with Gasteiger partial charge in [-0.15, -0.1) is 0 Å². The highest BCUT2D eigenvalue weighted by atomic mass is 35.5. The molecule has 94 valence electrons. The van der Waals surface area contributed by atoms with Crippen molar-refractivity contribution in [1.82, 2.24) is 5.48 Å². The van der Waals surface area contributed by atoms with Crippen molar-refractivity contribution in [3.63, 3.8) is 0 Å². The van der Waals surface area contributed by atoms with Gasteiger partial charge in [0, 0.05) is 0 Å². The van der Waals surface area contributed by atoms with E-state index < -0.39 is 5.91 Å². The van der Waals surface area contributed by atoms with Gasteiger partial charge in [0.1, 0.15) is 5.56 Å². The summed E-state index contributed by atoms with van der Waals surface area (Å²) in [4.78, 5) is 16.7. The molecule has 0 aliphatic rings. The molecule has 1 rings (SSSR count). The zero-order chi connectivity index (χ0) is 12.8.